The highest BCUT2D eigenvalue weighted by atomic mass is 32.2. The highest BCUT2D eigenvalue weighted by Gasteiger charge is 2.37. The fourth-order valence-electron chi connectivity index (χ4n) is 4.02. The molecular weight excluding hydrogens is 422 g/mol. The number of likely N-dealkylation sites (N-methyl/N-ethyl adjacent to an activating group) is 1. The van der Waals surface area contributed by atoms with E-state index in [0.717, 1.165) is 10.7 Å². The van der Waals surface area contributed by atoms with Crippen LogP contribution < -0.4 is 0 Å². The first kappa shape index (κ1) is 21.5. The molecule has 2 aromatic rings. The maximum Gasteiger partial charge on any atom is 0.321 e. The summed E-state index contributed by atoms with van der Waals surface area (Å²) in [5.41, 5.74) is 1.01. The Morgan fingerprint density at radius 2 is 2.00 bits per heavy atom. The molecule has 166 valence electrons. The smallest absolute Gasteiger partial charge is 0.321 e. The van der Waals surface area contributed by atoms with Crippen LogP contribution in [0.15, 0.2) is 35.5 Å². The van der Waals surface area contributed by atoms with Gasteiger partial charge in [-0.3, -0.25) is 14.2 Å². The van der Waals surface area contributed by atoms with E-state index in [9.17, 15) is 18.0 Å². The van der Waals surface area contributed by atoms with Gasteiger partial charge in [-0.15, -0.1) is 0 Å². The number of amides is 1. The summed E-state index contributed by atoms with van der Waals surface area (Å²) in [6.45, 7) is 0.560. The molecule has 11 heteroatoms. The molecular formula is C20H25N5O5S. The zero-order valence-corrected chi connectivity index (χ0v) is 18.5. The van der Waals surface area contributed by atoms with Crippen molar-refractivity contribution in [1.82, 2.24) is 23.7 Å². The molecule has 2 aliphatic rings. The lowest BCUT2D eigenvalue weighted by Crippen LogP contribution is -2.37. The van der Waals surface area contributed by atoms with E-state index in [0.29, 0.717) is 24.5 Å². The first-order chi connectivity index (χ1) is 14.7. The number of esters is 1. The standard InChI is InChI=1S/C20H25N5O5S/c1-22(2)14-8-9-23(10-14)20(27)19-16-11-24(12-18(26)30-3)31(28,29)17-7-5-4-6-15(17)25(16)13-21-19/h4-7,13-14H,8-12H2,1-3H3. The first-order valence-corrected chi connectivity index (χ1v) is 11.4. The number of aromatic nitrogens is 2. The molecule has 1 unspecified atom stereocenters. The average molecular weight is 448 g/mol. The van der Waals surface area contributed by atoms with Gasteiger partial charge in [0.25, 0.3) is 5.91 Å². The number of nitrogens with zero attached hydrogens (tertiary/aromatic N) is 5. The number of carbonyl (C=O) groups is 2. The largest absolute Gasteiger partial charge is 0.468 e. The highest BCUT2D eigenvalue weighted by molar-refractivity contribution is 7.89. The minimum absolute atomic E-state index is 0.0443. The van der Waals surface area contributed by atoms with Crippen molar-refractivity contribution < 1.29 is 22.7 Å². The molecule has 0 saturated carbocycles. The van der Waals surface area contributed by atoms with Gasteiger partial charge in [0.15, 0.2) is 5.69 Å². The summed E-state index contributed by atoms with van der Waals surface area (Å²) in [5, 5.41) is 0. The number of rotatable bonds is 4. The molecule has 10 nitrogen and oxygen atoms in total. The number of fused-ring (bicyclic) bond motifs is 3. The van der Waals surface area contributed by atoms with Crippen LogP contribution in [0.5, 0.6) is 0 Å². The van der Waals surface area contributed by atoms with E-state index in [2.05, 4.69) is 9.88 Å². The van der Waals surface area contributed by atoms with E-state index in [1.54, 1.807) is 27.7 Å². The molecule has 1 aromatic heterocycles. The number of methoxy groups -OCH3 is 1. The molecule has 1 saturated heterocycles. The molecule has 0 aliphatic carbocycles. The van der Waals surface area contributed by atoms with Crippen molar-refractivity contribution in [2.45, 2.75) is 23.9 Å². The maximum absolute atomic E-state index is 13.3. The molecule has 1 atom stereocenters. The van der Waals surface area contributed by atoms with Gasteiger partial charge in [-0.25, -0.2) is 13.4 Å². The number of benzene rings is 1. The van der Waals surface area contributed by atoms with E-state index >= 15 is 0 Å². The van der Waals surface area contributed by atoms with Gasteiger partial charge in [0.05, 0.1) is 25.0 Å². The average Bonchev–Trinajstić information content (AvgIpc) is 3.38. The predicted octanol–water partition coefficient (Wildman–Crippen LogP) is 0.326. The zero-order chi connectivity index (χ0) is 22.3. The van der Waals surface area contributed by atoms with Crippen molar-refractivity contribution in [3.63, 3.8) is 0 Å². The second kappa shape index (κ2) is 8.06. The third-order valence-electron chi connectivity index (χ3n) is 5.85. The number of likely N-dealkylation sites (tertiary alicyclic amines) is 1. The number of hydrogen-bond donors (Lipinski definition) is 0. The number of para-hydroxylation sites is 1. The van der Waals surface area contributed by atoms with Crippen molar-refractivity contribution >= 4 is 21.9 Å². The minimum Gasteiger partial charge on any atom is -0.468 e. The molecule has 0 spiro atoms. The summed E-state index contributed by atoms with van der Waals surface area (Å²) in [6.07, 6.45) is 2.33. The second-order valence-corrected chi connectivity index (χ2v) is 9.79. The second-order valence-electron chi connectivity index (χ2n) is 7.88. The van der Waals surface area contributed by atoms with Gasteiger partial charge in [-0.1, -0.05) is 12.1 Å². The summed E-state index contributed by atoms with van der Waals surface area (Å²) in [4.78, 5) is 33.5. The molecule has 3 heterocycles. The third kappa shape index (κ3) is 3.73. The summed E-state index contributed by atoms with van der Waals surface area (Å²) >= 11 is 0. The van der Waals surface area contributed by atoms with E-state index in [4.69, 9.17) is 4.74 Å². The van der Waals surface area contributed by atoms with Crippen LogP contribution in [-0.2, 0) is 26.1 Å². The normalized spacial score (nSPS) is 20.3. The van der Waals surface area contributed by atoms with Crippen molar-refractivity contribution in [2.24, 2.45) is 0 Å². The van der Waals surface area contributed by atoms with Crippen LogP contribution in [0.4, 0.5) is 0 Å². The molecule has 0 N–H and O–H groups in total. The predicted molar refractivity (Wildman–Crippen MR) is 111 cm³/mol. The van der Waals surface area contributed by atoms with Gasteiger partial charge < -0.3 is 14.5 Å². The SMILES string of the molecule is COC(=O)CN1Cc2c(C(=O)N3CCC(N(C)C)C3)ncn2-c2ccccc2S1(=O)=O. The Balaban J connectivity index is 1.78. The molecule has 2 aliphatic heterocycles. The van der Waals surface area contributed by atoms with Gasteiger partial charge >= 0.3 is 5.97 Å². The molecule has 1 amide bonds. The number of carbonyl (C=O) groups excluding carboxylic acids is 2. The lowest BCUT2D eigenvalue weighted by molar-refractivity contribution is -0.140. The van der Waals surface area contributed by atoms with Crippen LogP contribution in [0, 0.1) is 0 Å². The summed E-state index contributed by atoms with van der Waals surface area (Å²) < 4.78 is 33.9. The van der Waals surface area contributed by atoms with Crippen molar-refractivity contribution in [3.05, 3.63) is 42.0 Å². The molecule has 1 aromatic carbocycles. The van der Waals surface area contributed by atoms with Crippen molar-refractivity contribution in [3.8, 4) is 5.69 Å². The fraction of sp³-hybridized carbons (Fsp3) is 0.450. The molecule has 1 fully saturated rings. The van der Waals surface area contributed by atoms with E-state index in [1.807, 2.05) is 14.1 Å². The Bertz CT molecular complexity index is 1130. The Labute approximate surface area is 181 Å². The van der Waals surface area contributed by atoms with Gasteiger partial charge in [-0.2, -0.15) is 4.31 Å². The number of sulfonamides is 1. The third-order valence-corrected chi connectivity index (χ3v) is 7.69. The van der Waals surface area contributed by atoms with Crippen molar-refractivity contribution in [1.29, 1.82) is 0 Å². The number of imidazole rings is 1. The van der Waals surface area contributed by atoms with Gasteiger partial charge in [0.1, 0.15) is 17.8 Å². The topological polar surface area (TPSA) is 105 Å². The molecule has 0 bridgehead atoms. The Morgan fingerprint density at radius 3 is 2.68 bits per heavy atom. The molecule has 0 radical (unpaired) electrons. The lowest BCUT2D eigenvalue weighted by atomic mass is 10.2. The monoisotopic (exact) mass is 447 g/mol. The first-order valence-electron chi connectivity index (χ1n) is 9.92. The van der Waals surface area contributed by atoms with Crippen LogP contribution in [-0.4, -0.2) is 90.8 Å². The van der Waals surface area contributed by atoms with Crippen LogP contribution in [0.2, 0.25) is 0 Å². The maximum atomic E-state index is 13.3. The van der Waals surface area contributed by atoms with E-state index in [1.165, 1.54) is 19.5 Å². The van der Waals surface area contributed by atoms with Gasteiger partial charge in [0.2, 0.25) is 10.0 Å². The number of hydrogen-bond acceptors (Lipinski definition) is 7. The Morgan fingerprint density at radius 1 is 1.26 bits per heavy atom. The van der Waals surface area contributed by atoms with Crippen LogP contribution in [0.3, 0.4) is 0 Å². The van der Waals surface area contributed by atoms with Gasteiger partial charge in [-0.05, 0) is 32.6 Å². The minimum atomic E-state index is -3.99. The van der Waals surface area contributed by atoms with Crippen LogP contribution >= 0.6 is 0 Å². The lowest BCUT2D eigenvalue weighted by Gasteiger charge is -2.21. The number of ether oxygens (including phenoxy) is 1. The Kier molecular flexibility index (Phi) is 5.58. The van der Waals surface area contributed by atoms with E-state index in [-0.39, 0.29) is 29.1 Å². The highest BCUT2D eigenvalue weighted by Crippen LogP contribution is 2.31. The quantitative estimate of drug-likeness (QED) is 0.622. The fourth-order valence-corrected chi connectivity index (χ4v) is 5.55. The molecule has 31 heavy (non-hydrogen) atoms. The van der Waals surface area contributed by atoms with Crippen molar-refractivity contribution in [2.75, 3.05) is 40.8 Å². The van der Waals surface area contributed by atoms with Crippen LogP contribution in [0.1, 0.15) is 22.6 Å². The summed E-state index contributed by atoms with van der Waals surface area (Å²) in [5.74, 6) is -0.928. The Hall–Kier alpha value is -2.76. The summed E-state index contributed by atoms with van der Waals surface area (Å²) in [7, 11) is 1.17. The van der Waals surface area contributed by atoms with Gasteiger partial charge in [0, 0.05) is 19.1 Å². The summed E-state index contributed by atoms with van der Waals surface area (Å²) in [6, 6.07) is 6.74. The van der Waals surface area contributed by atoms with Crippen LogP contribution in [0.25, 0.3) is 5.69 Å². The molecule has 4 rings (SSSR count). The van der Waals surface area contributed by atoms with E-state index < -0.39 is 22.5 Å². The zero-order valence-electron chi connectivity index (χ0n) is 17.7.